The summed E-state index contributed by atoms with van der Waals surface area (Å²) < 4.78 is 4.96. The van der Waals surface area contributed by atoms with Crippen LogP contribution in [-0.2, 0) is 0 Å². The van der Waals surface area contributed by atoms with Gasteiger partial charge in [0.2, 0.25) is 0 Å². The Labute approximate surface area is 73.0 Å². The van der Waals surface area contributed by atoms with Crippen LogP contribution in [0.4, 0.5) is 5.69 Å². The lowest BCUT2D eigenvalue weighted by molar-refractivity contribution is 0.426. The molecular formula is C7H7N3OS. The maximum absolute atomic E-state index is 5.66. The molecule has 2 heterocycles. The topological polar surface area (TPSA) is 64.9 Å². The highest BCUT2D eigenvalue weighted by Gasteiger charge is 2.10. The second-order valence-electron chi connectivity index (χ2n) is 2.35. The van der Waals surface area contributed by atoms with Gasteiger partial charge in [-0.2, -0.15) is 4.98 Å². The smallest absolute Gasteiger partial charge is 0.270 e. The molecule has 2 aromatic heterocycles. The minimum atomic E-state index is 0.500. The third kappa shape index (κ3) is 1.08. The number of anilines is 1. The Morgan fingerprint density at radius 1 is 1.58 bits per heavy atom. The molecule has 2 rings (SSSR count). The summed E-state index contributed by atoms with van der Waals surface area (Å²) in [5.74, 6) is 1.12. The van der Waals surface area contributed by atoms with Gasteiger partial charge < -0.3 is 10.3 Å². The van der Waals surface area contributed by atoms with Gasteiger partial charge in [-0.3, -0.25) is 0 Å². The van der Waals surface area contributed by atoms with E-state index in [1.807, 2.05) is 11.4 Å². The van der Waals surface area contributed by atoms with E-state index in [9.17, 15) is 0 Å². The number of hydrogen-bond acceptors (Lipinski definition) is 5. The van der Waals surface area contributed by atoms with Crippen LogP contribution in [-0.4, -0.2) is 10.1 Å². The molecule has 0 fully saturated rings. The van der Waals surface area contributed by atoms with Crippen LogP contribution in [0.1, 0.15) is 5.82 Å². The molecule has 0 aliphatic carbocycles. The molecule has 0 radical (unpaired) electrons. The Hall–Kier alpha value is -1.36. The van der Waals surface area contributed by atoms with Gasteiger partial charge in [0.05, 0.1) is 5.69 Å². The highest BCUT2D eigenvalue weighted by molar-refractivity contribution is 7.14. The fourth-order valence-electron chi connectivity index (χ4n) is 0.882. The summed E-state index contributed by atoms with van der Waals surface area (Å²) in [6.45, 7) is 1.77. The Morgan fingerprint density at radius 2 is 2.42 bits per heavy atom. The first-order valence-electron chi connectivity index (χ1n) is 3.41. The van der Waals surface area contributed by atoms with Gasteiger partial charge in [-0.05, 0) is 18.4 Å². The van der Waals surface area contributed by atoms with Crippen LogP contribution in [0.5, 0.6) is 0 Å². The maximum Gasteiger partial charge on any atom is 0.270 e. The van der Waals surface area contributed by atoms with Crippen LogP contribution in [0, 0.1) is 6.92 Å². The summed E-state index contributed by atoms with van der Waals surface area (Å²) in [5, 5.41) is 5.57. The van der Waals surface area contributed by atoms with E-state index < -0.39 is 0 Å². The molecule has 2 N–H and O–H groups in total. The summed E-state index contributed by atoms with van der Waals surface area (Å²) in [7, 11) is 0. The van der Waals surface area contributed by atoms with Gasteiger partial charge >= 0.3 is 0 Å². The van der Waals surface area contributed by atoms with Gasteiger partial charge in [-0.1, -0.05) is 5.16 Å². The summed E-state index contributed by atoms with van der Waals surface area (Å²) >= 11 is 1.49. The molecular weight excluding hydrogens is 174 g/mol. The third-order valence-electron chi connectivity index (χ3n) is 1.42. The number of aromatic nitrogens is 2. The van der Waals surface area contributed by atoms with Crippen LogP contribution >= 0.6 is 11.3 Å². The number of thiophene rings is 1. The molecule has 0 saturated heterocycles. The van der Waals surface area contributed by atoms with Crippen molar-refractivity contribution in [3.8, 4) is 10.8 Å². The zero-order valence-corrected chi connectivity index (χ0v) is 7.26. The quantitative estimate of drug-likeness (QED) is 0.727. The van der Waals surface area contributed by atoms with E-state index in [1.54, 1.807) is 6.92 Å². The maximum atomic E-state index is 5.66. The second kappa shape index (κ2) is 2.60. The SMILES string of the molecule is Cc1noc(-c2sccc2N)n1. The molecule has 12 heavy (non-hydrogen) atoms. The number of aryl methyl sites for hydroxylation is 1. The largest absolute Gasteiger partial charge is 0.397 e. The minimum absolute atomic E-state index is 0.500. The lowest BCUT2D eigenvalue weighted by Gasteiger charge is -1.88. The highest BCUT2D eigenvalue weighted by atomic mass is 32.1. The molecule has 0 aliphatic heterocycles. The molecule has 62 valence electrons. The Kier molecular flexibility index (Phi) is 1.58. The van der Waals surface area contributed by atoms with Crippen molar-refractivity contribution in [2.24, 2.45) is 0 Å². The van der Waals surface area contributed by atoms with Crippen molar-refractivity contribution in [2.45, 2.75) is 6.92 Å². The van der Waals surface area contributed by atoms with Gasteiger partial charge in [0.1, 0.15) is 4.88 Å². The molecule has 0 atom stereocenters. The van der Waals surface area contributed by atoms with Crippen molar-refractivity contribution >= 4 is 17.0 Å². The second-order valence-corrected chi connectivity index (χ2v) is 3.27. The molecule has 0 amide bonds. The summed E-state index contributed by atoms with van der Waals surface area (Å²) in [4.78, 5) is 4.91. The lowest BCUT2D eigenvalue weighted by Crippen LogP contribution is -1.83. The standard InChI is InChI=1S/C7H7N3OS/c1-4-9-7(11-10-4)6-5(8)2-3-12-6/h2-3H,8H2,1H3. The van der Waals surface area contributed by atoms with E-state index in [2.05, 4.69) is 10.1 Å². The van der Waals surface area contributed by atoms with Crippen molar-refractivity contribution in [1.29, 1.82) is 0 Å². The summed E-state index contributed by atoms with van der Waals surface area (Å²) in [5.41, 5.74) is 6.35. The Bertz CT molecular complexity index is 393. The first kappa shape index (κ1) is 7.30. The number of nitrogens with two attached hydrogens (primary N) is 1. The van der Waals surface area contributed by atoms with E-state index in [-0.39, 0.29) is 0 Å². The van der Waals surface area contributed by atoms with E-state index in [0.717, 1.165) is 4.88 Å². The van der Waals surface area contributed by atoms with Gasteiger partial charge in [0.25, 0.3) is 5.89 Å². The van der Waals surface area contributed by atoms with Crippen LogP contribution in [0.3, 0.4) is 0 Å². The molecule has 0 bridgehead atoms. The van der Waals surface area contributed by atoms with Crippen molar-refractivity contribution < 1.29 is 4.52 Å². The van der Waals surface area contributed by atoms with Crippen molar-refractivity contribution in [1.82, 2.24) is 10.1 Å². The lowest BCUT2D eigenvalue weighted by atomic mass is 10.4. The predicted octanol–water partition coefficient (Wildman–Crippen LogP) is 1.69. The van der Waals surface area contributed by atoms with E-state index in [4.69, 9.17) is 10.3 Å². The molecule has 5 heteroatoms. The Morgan fingerprint density at radius 3 is 2.92 bits per heavy atom. The number of hydrogen-bond donors (Lipinski definition) is 1. The predicted molar refractivity (Wildman–Crippen MR) is 46.8 cm³/mol. The van der Waals surface area contributed by atoms with E-state index >= 15 is 0 Å². The van der Waals surface area contributed by atoms with Crippen molar-refractivity contribution in [3.63, 3.8) is 0 Å². The molecule has 0 spiro atoms. The average Bonchev–Trinajstić information content (AvgIpc) is 2.58. The minimum Gasteiger partial charge on any atom is -0.397 e. The number of nitrogen functional groups attached to an aromatic ring is 1. The first-order valence-corrected chi connectivity index (χ1v) is 4.29. The first-order chi connectivity index (χ1) is 5.77. The summed E-state index contributed by atoms with van der Waals surface area (Å²) in [6, 6.07) is 1.82. The van der Waals surface area contributed by atoms with Crippen LogP contribution in [0.25, 0.3) is 10.8 Å². The fourth-order valence-corrected chi connectivity index (χ4v) is 1.62. The normalized spacial score (nSPS) is 10.4. The molecule has 0 unspecified atom stereocenters. The van der Waals surface area contributed by atoms with Gasteiger partial charge in [0, 0.05) is 0 Å². The van der Waals surface area contributed by atoms with Crippen LogP contribution in [0.15, 0.2) is 16.0 Å². The molecule has 2 aromatic rings. The third-order valence-corrected chi connectivity index (χ3v) is 2.34. The monoisotopic (exact) mass is 181 g/mol. The van der Waals surface area contributed by atoms with Gasteiger partial charge in [-0.15, -0.1) is 11.3 Å². The van der Waals surface area contributed by atoms with Crippen LogP contribution < -0.4 is 5.73 Å². The summed E-state index contributed by atoms with van der Waals surface area (Å²) in [6.07, 6.45) is 0. The van der Waals surface area contributed by atoms with Crippen molar-refractivity contribution in [2.75, 3.05) is 5.73 Å². The van der Waals surface area contributed by atoms with Crippen LogP contribution in [0.2, 0.25) is 0 Å². The highest BCUT2D eigenvalue weighted by Crippen LogP contribution is 2.29. The molecule has 0 aromatic carbocycles. The average molecular weight is 181 g/mol. The van der Waals surface area contributed by atoms with Crippen molar-refractivity contribution in [3.05, 3.63) is 17.3 Å². The number of rotatable bonds is 1. The molecule has 0 aliphatic rings. The van der Waals surface area contributed by atoms with Gasteiger partial charge in [-0.25, -0.2) is 0 Å². The zero-order valence-electron chi connectivity index (χ0n) is 6.44. The van der Waals surface area contributed by atoms with Gasteiger partial charge in [0.15, 0.2) is 5.82 Å². The molecule has 0 saturated carbocycles. The van der Waals surface area contributed by atoms with E-state index in [0.29, 0.717) is 17.4 Å². The van der Waals surface area contributed by atoms with E-state index in [1.165, 1.54) is 11.3 Å². The molecule has 4 nitrogen and oxygen atoms in total. The Balaban J connectivity index is 2.50. The fraction of sp³-hybridized carbons (Fsp3) is 0.143. The number of nitrogens with zero attached hydrogens (tertiary/aromatic N) is 2. The zero-order chi connectivity index (χ0) is 8.55.